The lowest BCUT2D eigenvalue weighted by molar-refractivity contribution is 0.489. The van der Waals surface area contributed by atoms with E-state index in [1.165, 1.54) is 0 Å². The minimum atomic E-state index is 0.682. The standard InChI is InChI=1S/C15H15N3OS/c1-2-16-14-9-5-6-11(17-14)10-20-15-18-12-7-3-4-8-13(12)19-15/h3-9H,2,10H2,1H3,(H,16,17). The Kier molecular flexibility index (Phi) is 3.87. The van der Waals surface area contributed by atoms with Crippen LogP contribution in [0, 0.1) is 0 Å². The number of anilines is 1. The summed E-state index contributed by atoms with van der Waals surface area (Å²) in [6, 6.07) is 13.8. The molecule has 0 fully saturated rings. The molecule has 2 heterocycles. The van der Waals surface area contributed by atoms with Crippen molar-refractivity contribution in [2.24, 2.45) is 0 Å². The van der Waals surface area contributed by atoms with Crippen LogP contribution in [0.25, 0.3) is 11.1 Å². The number of fused-ring (bicyclic) bond motifs is 1. The highest BCUT2D eigenvalue weighted by Gasteiger charge is 2.06. The van der Waals surface area contributed by atoms with E-state index < -0.39 is 0 Å². The van der Waals surface area contributed by atoms with Gasteiger partial charge in [0, 0.05) is 12.3 Å². The minimum absolute atomic E-state index is 0.682. The number of nitrogens with one attached hydrogen (secondary N) is 1. The number of aromatic nitrogens is 2. The van der Waals surface area contributed by atoms with Gasteiger partial charge in [-0.1, -0.05) is 30.0 Å². The van der Waals surface area contributed by atoms with Crippen LogP contribution >= 0.6 is 11.8 Å². The molecular formula is C15H15N3OS. The van der Waals surface area contributed by atoms with Crippen molar-refractivity contribution in [1.29, 1.82) is 0 Å². The summed E-state index contributed by atoms with van der Waals surface area (Å²) in [4.78, 5) is 8.97. The van der Waals surface area contributed by atoms with Crippen molar-refractivity contribution in [3.8, 4) is 0 Å². The number of rotatable bonds is 5. The Labute approximate surface area is 121 Å². The Balaban J connectivity index is 1.71. The second-order valence-electron chi connectivity index (χ2n) is 4.28. The van der Waals surface area contributed by atoms with Gasteiger partial charge in [-0.2, -0.15) is 0 Å². The third-order valence-corrected chi connectivity index (χ3v) is 3.64. The molecule has 5 heteroatoms. The van der Waals surface area contributed by atoms with Crippen molar-refractivity contribution in [1.82, 2.24) is 9.97 Å². The van der Waals surface area contributed by atoms with Crippen molar-refractivity contribution >= 4 is 28.7 Å². The first-order valence-corrected chi connectivity index (χ1v) is 7.52. The summed E-state index contributed by atoms with van der Waals surface area (Å²) >= 11 is 1.56. The van der Waals surface area contributed by atoms with Gasteiger partial charge in [-0.05, 0) is 31.2 Å². The molecule has 20 heavy (non-hydrogen) atoms. The molecule has 0 radical (unpaired) electrons. The molecule has 0 aliphatic heterocycles. The number of benzene rings is 1. The fraction of sp³-hybridized carbons (Fsp3) is 0.200. The summed E-state index contributed by atoms with van der Waals surface area (Å²) in [6.45, 7) is 2.93. The number of hydrogen-bond donors (Lipinski definition) is 1. The minimum Gasteiger partial charge on any atom is -0.431 e. The first-order chi connectivity index (χ1) is 9.85. The Bertz CT molecular complexity index is 678. The van der Waals surface area contributed by atoms with E-state index in [2.05, 4.69) is 22.2 Å². The molecule has 4 nitrogen and oxygen atoms in total. The molecule has 0 saturated heterocycles. The van der Waals surface area contributed by atoms with Gasteiger partial charge < -0.3 is 9.73 Å². The Morgan fingerprint density at radius 1 is 1.10 bits per heavy atom. The lowest BCUT2D eigenvalue weighted by atomic mass is 10.3. The number of oxazole rings is 1. The first kappa shape index (κ1) is 13.0. The van der Waals surface area contributed by atoms with Crippen LogP contribution in [0.1, 0.15) is 12.6 Å². The highest BCUT2D eigenvalue weighted by Crippen LogP contribution is 2.25. The van der Waals surface area contributed by atoms with Gasteiger partial charge in [0.05, 0.1) is 5.69 Å². The summed E-state index contributed by atoms with van der Waals surface area (Å²) in [7, 11) is 0. The van der Waals surface area contributed by atoms with Crippen LogP contribution in [-0.2, 0) is 5.75 Å². The van der Waals surface area contributed by atoms with Gasteiger partial charge in [0.2, 0.25) is 0 Å². The second kappa shape index (κ2) is 5.96. The maximum Gasteiger partial charge on any atom is 0.257 e. The largest absolute Gasteiger partial charge is 0.431 e. The third-order valence-electron chi connectivity index (χ3n) is 2.78. The van der Waals surface area contributed by atoms with E-state index in [1.54, 1.807) is 11.8 Å². The smallest absolute Gasteiger partial charge is 0.257 e. The van der Waals surface area contributed by atoms with E-state index in [1.807, 2.05) is 42.5 Å². The topological polar surface area (TPSA) is 51.0 Å². The zero-order valence-electron chi connectivity index (χ0n) is 11.2. The van der Waals surface area contributed by atoms with E-state index in [-0.39, 0.29) is 0 Å². The lowest BCUT2D eigenvalue weighted by Crippen LogP contribution is -2.00. The molecule has 0 aliphatic rings. The van der Waals surface area contributed by atoms with Crippen LogP contribution in [-0.4, -0.2) is 16.5 Å². The van der Waals surface area contributed by atoms with Crippen molar-refractivity contribution in [3.05, 3.63) is 48.2 Å². The molecule has 2 aromatic heterocycles. The molecule has 1 N–H and O–H groups in total. The predicted molar refractivity (Wildman–Crippen MR) is 82.0 cm³/mol. The maximum atomic E-state index is 5.68. The SMILES string of the molecule is CCNc1cccc(CSc2nc3ccccc3o2)n1. The van der Waals surface area contributed by atoms with E-state index in [9.17, 15) is 0 Å². The third kappa shape index (κ3) is 2.93. The average Bonchev–Trinajstić information content (AvgIpc) is 2.89. The predicted octanol–water partition coefficient (Wildman–Crippen LogP) is 3.95. The van der Waals surface area contributed by atoms with Crippen LogP contribution in [0.2, 0.25) is 0 Å². The van der Waals surface area contributed by atoms with E-state index >= 15 is 0 Å². The molecule has 0 aliphatic carbocycles. The lowest BCUT2D eigenvalue weighted by Gasteiger charge is -2.03. The molecular weight excluding hydrogens is 270 g/mol. The van der Waals surface area contributed by atoms with Crippen molar-refractivity contribution in [2.45, 2.75) is 17.9 Å². The molecule has 0 atom stereocenters. The number of pyridine rings is 1. The summed E-state index contributed by atoms with van der Waals surface area (Å²) in [5.74, 6) is 1.65. The van der Waals surface area contributed by atoms with E-state index in [4.69, 9.17) is 4.42 Å². The second-order valence-corrected chi connectivity index (χ2v) is 5.21. The normalized spacial score (nSPS) is 10.8. The molecule has 0 amide bonds. The molecule has 0 spiro atoms. The van der Waals surface area contributed by atoms with Gasteiger partial charge >= 0.3 is 0 Å². The van der Waals surface area contributed by atoms with Gasteiger partial charge in [-0.15, -0.1) is 0 Å². The molecule has 102 valence electrons. The highest BCUT2D eigenvalue weighted by molar-refractivity contribution is 7.98. The average molecular weight is 285 g/mol. The van der Waals surface area contributed by atoms with Gasteiger partial charge in [-0.25, -0.2) is 9.97 Å². The van der Waals surface area contributed by atoms with Crippen LogP contribution in [0.3, 0.4) is 0 Å². The van der Waals surface area contributed by atoms with Gasteiger partial charge in [0.1, 0.15) is 11.3 Å². The van der Waals surface area contributed by atoms with Crippen LogP contribution in [0.4, 0.5) is 5.82 Å². The number of nitrogens with zero attached hydrogens (tertiary/aromatic N) is 2. The Morgan fingerprint density at radius 2 is 2.00 bits per heavy atom. The van der Waals surface area contributed by atoms with Crippen molar-refractivity contribution in [2.75, 3.05) is 11.9 Å². The fourth-order valence-corrected chi connectivity index (χ4v) is 2.63. The molecule has 0 saturated carbocycles. The van der Waals surface area contributed by atoms with Crippen LogP contribution in [0.15, 0.2) is 52.1 Å². The summed E-state index contributed by atoms with van der Waals surface area (Å²) in [5, 5.41) is 3.89. The molecule has 3 aromatic rings. The summed E-state index contributed by atoms with van der Waals surface area (Å²) in [5.41, 5.74) is 2.73. The molecule has 1 aromatic carbocycles. The molecule has 0 unspecified atom stereocenters. The number of para-hydroxylation sites is 2. The first-order valence-electron chi connectivity index (χ1n) is 6.53. The molecule has 3 rings (SSSR count). The van der Waals surface area contributed by atoms with Crippen molar-refractivity contribution in [3.63, 3.8) is 0 Å². The Hall–Kier alpha value is -2.01. The van der Waals surface area contributed by atoms with Crippen molar-refractivity contribution < 1.29 is 4.42 Å². The van der Waals surface area contributed by atoms with Gasteiger partial charge in [0.25, 0.3) is 5.22 Å². The quantitative estimate of drug-likeness (QED) is 0.719. The van der Waals surface area contributed by atoms with E-state index in [0.29, 0.717) is 5.22 Å². The number of thioether (sulfide) groups is 1. The van der Waals surface area contributed by atoms with Crippen LogP contribution < -0.4 is 5.32 Å². The van der Waals surface area contributed by atoms with Gasteiger partial charge in [-0.3, -0.25) is 0 Å². The monoisotopic (exact) mass is 285 g/mol. The van der Waals surface area contributed by atoms with E-state index in [0.717, 1.165) is 34.9 Å². The highest BCUT2D eigenvalue weighted by atomic mass is 32.2. The fourth-order valence-electron chi connectivity index (χ4n) is 1.89. The van der Waals surface area contributed by atoms with Gasteiger partial charge in [0.15, 0.2) is 5.58 Å². The van der Waals surface area contributed by atoms with Crippen LogP contribution in [0.5, 0.6) is 0 Å². The summed E-state index contributed by atoms with van der Waals surface area (Å²) in [6.07, 6.45) is 0. The number of hydrogen-bond acceptors (Lipinski definition) is 5. The summed E-state index contributed by atoms with van der Waals surface area (Å²) < 4.78 is 5.68. The zero-order chi connectivity index (χ0) is 13.8. The molecule has 0 bridgehead atoms. The Morgan fingerprint density at radius 3 is 2.85 bits per heavy atom. The zero-order valence-corrected chi connectivity index (χ0v) is 12.0. The maximum absolute atomic E-state index is 5.68.